The highest BCUT2D eigenvalue weighted by atomic mass is 16.5. The quantitative estimate of drug-likeness (QED) is 0.484. The Morgan fingerprint density at radius 3 is 2.57 bits per heavy atom. The Kier molecular flexibility index (Phi) is 6.92. The van der Waals surface area contributed by atoms with E-state index in [1.807, 2.05) is 38.1 Å². The van der Waals surface area contributed by atoms with Gasteiger partial charge in [0, 0.05) is 5.39 Å². The van der Waals surface area contributed by atoms with Gasteiger partial charge in [-0.2, -0.15) is 0 Å². The van der Waals surface area contributed by atoms with Crippen LogP contribution in [0.3, 0.4) is 0 Å². The second-order valence-electron chi connectivity index (χ2n) is 5.86. The number of ether oxygens (including phenoxy) is 2. The average molecular weight is 314 g/mol. The third-order valence-electron chi connectivity index (χ3n) is 4.05. The molecular weight excluding hydrogens is 288 g/mol. The maximum absolute atomic E-state index is 11.5. The predicted octanol–water partition coefficient (Wildman–Crippen LogP) is 4.98. The minimum absolute atomic E-state index is 0.00435. The van der Waals surface area contributed by atoms with Gasteiger partial charge in [0.05, 0.1) is 19.1 Å². The van der Waals surface area contributed by atoms with Gasteiger partial charge in [0.25, 0.3) is 0 Å². The number of benzene rings is 2. The van der Waals surface area contributed by atoms with E-state index in [4.69, 9.17) is 9.47 Å². The normalized spacial score (nSPS) is 12.1. The number of unbranched alkanes of at least 4 members (excludes halogenated alkanes) is 2. The van der Waals surface area contributed by atoms with Crippen LogP contribution in [0.1, 0.15) is 39.5 Å². The Hall–Kier alpha value is -2.03. The number of carbonyl (C=O) groups is 1. The standard InChI is InChI=1S/C20H26O3/c1-3-16(2)20(21)23-15-8-4-7-14-22-19-13-9-11-17-10-5-6-12-18(17)19/h5-6,9-13,16H,3-4,7-8,14-15H2,1-2H3. The van der Waals surface area contributed by atoms with E-state index in [1.165, 1.54) is 5.39 Å². The maximum Gasteiger partial charge on any atom is 0.308 e. The van der Waals surface area contributed by atoms with Gasteiger partial charge < -0.3 is 9.47 Å². The summed E-state index contributed by atoms with van der Waals surface area (Å²) in [6.45, 7) is 5.10. The Morgan fingerprint density at radius 1 is 1.00 bits per heavy atom. The monoisotopic (exact) mass is 314 g/mol. The molecule has 124 valence electrons. The van der Waals surface area contributed by atoms with Crippen LogP contribution in [0.2, 0.25) is 0 Å². The summed E-state index contributed by atoms with van der Waals surface area (Å²) in [4.78, 5) is 11.5. The van der Waals surface area contributed by atoms with Gasteiger partial charge in [-0.25, -0.2) is 0 Å². The molecule has 0 bridgehead atoms. The highest BCUT2D eigenvalue weighted by molar-refractivity contribution is 5.88. The molecule has 0 radical (unpaired) electrons. The molecule has 0 N–H and O–H groups in total. The molecule has 0 aliphatic rings. The van der Waals surface area contributed by atoms with E-state index in [9.17, 15) is 4.79 Å². The van der Waals surface area contributed by atoms with Crippen molar-refractivity contribution >= 4 is 16.7 Å². The van der Waals surface area contributed by atoms with Gasteiger partial charge in [-0.1, -0.05) is 50.2 Å². The molecule has 2 aromatic carbocycles. The van der Waals surface area contributed by atoms with Crippen LogP contribution in [0.5, 0.6) is 5.75 Å². The number of rotatable bonds is 9. The topological polar surface area (TPSA) is 35.5 Å². The van der Waals surface area contributed by atoms with Crippen molar-refractivity contribution in [2.45, 2.75) is 39.5 Å². The maximum atomic E-state index is 11.5. The highest BCUT2D eigenvalue weighted by Gasteiger charge is 2.10. The third kappa shape index (κ3) is 5.27. The van der Waals surface area contributed by atoms with E-state index in [0.717, 1.165) is 36.8 Å². The molecule has 0 saturated carbocycles. The molecule has 0 aromatic heterocycles. The Morgan fingerprint density at radius 2 is 1.74 bits per heavy atom. The van der Waals surface area contributed by atoms with Gasteiger partial charge in [-0.15, -0.1) is 0 Å². The van der Waals surface area contributed by atoms with Gasteiger partial charge in [0.2, 0.25) is 0 Å². The summed E-state index contributed by atoms with van der Waals surface area (Å²) in [7, 11) is 0. The van der Waals surface area contributed by atoms with Gasteiger partial charge in [-0.3, -0.25) is 4.79 Å². The second kappa shape index (κ2) is 9.19. The molecule has 0 spiro atoms. The van der Waals surface area contributed by atoms with Crippen molar-refractivity contribution in [3.63, 3.8) is 0 Å². The van der Waals surface area contributed by atoms with E-state index in [1.54, 1.807) is 0 Å². The molecular formula is C20H26O3. The van der Waals surface area contributed by atoms with E-state index in [0.29, 0.717) is 13.2 Å². The van der Waals surface area contributed by atoms with Crippen molar-refractivity contribution in [3.05, 3.63) is 42.5 Å². The lowest BCUT2D eigenvalue weighted by atomic mass is 10.1. The molecule has 3 heteroatoms. The smallest absolute Gasteiger partial charge is 0.308 e. The largest absolute Gasteiger partial charge is 0.493 e. The Labute approximate surface area is 138 Å². The Bertz CT molecular complexity index is 616. The van der Waals surface area contributed by atoms with Crippen molar-refractivity contribution < 1.29 is 14.3 Å². The van der Waals surface area contributed by atoms with Crippen molar-refractivity contribution in [2.24, 2.45) is 5.92 Å². The van der Waals surface area contributed by atoms with Crippen LogP contribution < -0.4 is 4.74 Å². The molecule has 0 saturated heterocycles. The van der Waals surface area contributed by atoms with Crippen molar-refractivity contribution in [1.82, 2.24) is 0 Å². The van der Waals surface area contributed by atoms with Gasteiger partial charge in [-0.05, 0) is 37.1 Å². The molecule has 3 nitrogen and oxygen atoms in total. The molecule has 0 heterocycles. The first-order valence-corrected chi connectivity index (χ1v) is 8.49. The lowest BCUT2D eigenvalue weighted by Crippen LogP contribution is -2.14. The summed E-state index contributed by atoms with van der Waals surface area (Å²) in [6, 6.07) is 14.4. The summed E-state index contributed by atoms with van der Waals surface area (Å²) >= 11 is 0. The lowest BCUT2D eigenvalue weighted by molar-refractivity contribution is -0.148. The summed E-state index contributed by atoms with van der Waals surface area (Å²) in [5.74, 6) is 0.857. The van der Waals surface area contributed by atoms with Crippen LogP contribution in [-0.2, 0) is 9.53 Å². The molecule has 0 fully saturated rings. The van der Waals surface area contributed by atoms with E-state index < -0.39 is 0 Å². The van der Waals surface area contributed by atoms with Gasteiger partial charge in [0.15, 0.2) is 0 Å². The molecule has 1 unspecified atom stereocenters. The number of esters is 1. The fraction of sp³-hybridized carbons (Fsp3) is 0.450. The SMILES string of the molecule is CCC(C)C(=O)OCCCCCOc1cccc2ccccc12. The fourth-order valence-corrected chi connectivity index (χ4v) is 2.37. The third-order valence-corrected chi connectivity index (χ3v) is 4.05. The average Bonchev–Trinajstić information content (AvgIpc) is 2.60. The number of fused-ring (bicyclic) bond motifs is 1. The number of carbonyl (C=O) groups excluding carboxylic acids is 1. The van der Waals surface area contributed by atoms with Crippen LogP contribution in [-0.4, -0.2) is 19.2 Å². The van der Waals surface area contributed by atoms with Crippen LogP contribution in [0.4, 0.5) is 0 Å². The van der Waals surface area contributed by atoms with E-state index in [-0.39, 0.29) is 11.9 Å². The first kappa shape index (κ1) is 17.3. The van der Waals surface area contributed by atoms with Crippen molar-refractivity contribution in [2.75, 3.05) is 13.2 Å². The van der Waals surface area contributed by atoms with Crippen LogP contribution in [0.25, 0.3) is 10.8 Å². The zero-order valence-electron chi connectivity index (χ0n) is 14.1. The number of hydrogen-bond donors (Lipinski definition) is 0. The summed E-state index contributed by atoms with van der Waals surface area (Å²) in [5, 5.41) is 2.35. The van der Waals surface area contributed by atoms with Crippen molar-refractivity contribution in [1.29, 1.82) is 0 Å². The van der Waals surface area contributed by atoms with Crippen LogP contribution in [0, 0.1) is 5.92 Å². The van der Waals surface area contributed by atoms with Crippen LogP contribution >= 0.6 is 0 Å². The summed E-state index contributed by atoms with van der Waals surface area (Å²) < 4.78 is 11.1. The molecule has 0 amide bonds. The lowest BCUT2D eigenvalue weighted by Gasteiger charge is -2.10. The molecule has 1 atom stereocenters. The first-order chi connectivity index (χ1) is 11.2. The van der Waals surface area contributed by atoms with Crippen molar-refractivity contribution in [3.8, 4) is 5.75 Å². The highest BCUT2D eigenvalue weighted by Crippen LogP contribution is 2.25. The van der Waals surface area contributed by atoms with E-state index in [2.05, 4.69) is 18.2 Å². The van der Waals surface area contributed by atoms with Gasteiger partial charge in [0.1, 0.15) is 5.75 Å². The molecule has 0 aliphatic heterocycles. The van der Waals surface area contributed by atoms with Gasteiger partial charge >= 0.3 is 5.97 Å². The predicted molar refractivity (Wildman–Crippen MR) is 93.7 cm³/mol. The molecule has 2 aromatic rings. The van der Waals surface area contributed by atoms with Crippen LogP contribution in [0.15, 0.2) is 42.5 Å². The molecule has 0 aliphatic carbocycles. The zero-order valence-corrected chi connectivity index (χ0v) is 14.1. The molecule has 23 heavy (non-hydrogen) atoms. The Balaban J connectivity index is 1.65. The van der Waals surface area contributed by atoms with E-state index >= 15 is 0 Å². The number of hydrogen-bond acceptors (Lipinski definition) is 3. The minimum atomic E-state index is -0.0838. The summed E-state index contributed by atoms with van der Waals surface area (Å²) in [5.41, 5.74) is 0. The minimum Gasteiger partial charge on any atom is -0.493 e. The zero-order chi connectivity index (χ0) is 16.5. The fourth-order valence-electron chi connectivity index (χ4n) is 2.37. The second-order valence-corrected chi connectivity index (χ2v) is 5.86. The summed E-state index contributed by atoms with van der Waals surface area (Å²) in [6.07, 6.45) is 3.68. The first-order valence-electron chi connectivity index (χ1n) is 8.49. The molecule has 2 rings (SSSR count).